The topological polar surface area (TPSA) is 78.9 Å². The molecule has 66 heavy (non-hydrogen) atoms. The Morgan fingerprint density at radius 3 is 1.03 bits per heavy atom. The van der Waals surface area contributed by atoms with Gasteiger partial charge in [-0.3, -0.25) is 14.4 Å². The molecule has 0 amide bonds. The molecule has 0 spiro atoms. The second-order valence-corrected chi connectivity index (χ2v) is 18.3. The fraction of sp³-hybridized carbons (Fsp3) is 0.717. The molecule has 378 valence electrons. The van der Waals surface area contributed by atoms with E-state index in [0.29, 0.717) is 19.3 Å². The number of unbranched alkanes of at least 4 members (excludes halogenated alkanes) is 29. The molecule has 0 aromatic heterocycles. The van der Waals surface area contributed by atoms with Crippen LogP contribution in [0.2, 0.25) is 0 Å². The highest BCUT2D eigenvalue weighted by atomic mass is 16.6. The maximum Gasteiger partial charge on any atom is 0.306 e. The molecule has 0 saturated heterocycles. The summed E-state index contributed by atoms with van der Waals surface area (Å²) < 4.78 is 16.8. The third kappa shape index (κ3) is 51.6. The molecule has 0 bridgehead atoms. The van der Waals surface area contributed by atoms with Gasteiger partial charge in [-0.25, -0.2) is 0 Å². The number of carbonyl (C=O) groups excluding carboxylic acids is 3. The summed E-state index contributed by atoms with van der Waals surface area (Å²) in [5.41, 5.74) is 0. The van der Waals surface area contributed by atoms with E-state index < -0.39 is 6.10 Å². The Morgan fingerprint density at radius 1 is 0.318 bits per heavy atom. The number of hydrogen-bond acceptors (Lipinski definition) is 6. The van der Waals surface area contributed by atoms with E-state index in [9.17, 15) is 14.4 Å². The van der Waals surface area contributed by atoms with E-state index in [2.05, 4.69) is 51.2 Å². The highest BCUT2D eigenvalue weighted by Gasteiger charge is 2.19. The number of rotatable bonds is 49. The lowest BCUT2D eigenvalue weighted by molar-refractivity contribution is -0.167. The van der Waals surface area contributed by atoms with Crippen molar-refractivity contribution in [2.75, 3.05) is 13.2 Å². The first-order valence-corrected chi connectivity index (χ1v) is 27.7. The van der Waals surface area contributed by atoms with Crippen LogP contribution >= 0.6 is 0 Å². The van der Waals surface area contributed by atoms with Gasteiger partial charge in [0.15, 0.2) is 6.10 Å². The maximum absolute atomic E-state index is 12.8. The van der Waals surface area contributed by atoms with Crippen molar-refractivity contribution in [3.05, 3.63) is 85.1 Å². The van der Waals surface area contributed by atoms with Gasteiger partial charge in [0.25, 0.3) is 0 Å². The lowest BCUT2D eigenvalue weighted by atomic mass is 10.0. The highest BCUT2D eigenvalue weighted by Crippen LogP contribution is 2.16. The van der Waals surface area contributed by atoms with Crippen LogP contribution in [0.25, 0.3) is 0 Å². The lowest BCUT2D eigenvalue weighted by Gasteiger charge is -2.18. The molecule has 6 nitrogen and oxygen atoms in total. The van der Waals surface area contributed by atoms with Gasteiger partial charge in [0.1, 0.15) is 13.2 Å². The molecule has 0 N–H and O–H groups in total. The first-order chi connectivity index (χ1) is 32.5. The van der Waals surface area contributed by atoms with Crippen LogP contribution in [0.1, 0.15) is 258 Å². The summed E-state index contributed by atoms with van der Waals surface area (Å²) in [7, 11) is 0. The van der Waals surface area contributed by atoms with E-state index in [-0.39, 0.29) is 37.5 Å². The van der Waals surface area contributed by atoms with Crippen LogP contribution in [0.15, 0.2) is 85.1 Å². The van der Waals surface area contributed by atoms with Crippen LogP contribution < -0.4 is 0 Å². The van der Waals surface area contributed by atoms with Gasteiger partial charge < -0.3 is 14.2 Å². The van der Waals surface area contributed by atoms with Gasteiger partial charge in [0.2, 0.25) is 0 Å². The average molecular weight is 919 g/mol. The summed E-state index contributed by atoms with van der Waals surface area (Å²) >= 11 is 0. The molecule has 0 fully saturated rings. The smallest absolute Gasteiger partial charge is 0.306 e. The second-order valence-electron chi connectivity index (χ2n) is 18.3. The van der Waals surface area contributed by atoms with Gasteiger partial charge in [-0.2, -0.15) is 0 Å². The van der Waals surface area contributed by atoms with E-state index in [4.69, 9.17) is 14.2 Å². The van der Waals surface area contributed by atoms with Gasteiger partial charge in [0.05, 0.1) is 0 Å². The number of carbonyl (C=O) groups is 3. The van der Waals surface area contributed by atoms with E-state index in [1.54, 1.807) is 0 Å². The summed E-state index contributed by atoms with van der Waals surface area (Å²) in [6, 6.07) is 0. The summed E-state index contributed by atoms with van der Waals surface area (Å²) in [4.78, 5) is 38.0. The fourth-order valence-corrected chi connectivity index (χ4v) is 7.64. The lowest BCUT2D eigenvalue weighted by Crippen LogP contribution is -2.30. The quantitative estimate of drug-likeness (QED) is 0.0262. The fourth-order valence-electron chi connectivity index (χ4n) is 7.64. The van der Waals surface area contributed by atoms with Crippen molar-refractivity contribution >= 4 is 17.9 Å². The zero-order valence-corrected chi connectivity index (χ0v) is 43.2. The molecular weight excluding hydrogens is 817 g/mol. The van der Waals surface area contributed by atoms with Gasteiger partial charge in [-0.05, 0) is 57.8 Å². The maximum atomic E-state index is 12.8. The predicted molar refractivity (Wildman–Crippen MR) is 284 cm³/mol. The van der Waals surface area contributed by atoms with Crippen LogP contribution in [0.4, 0.5) is 0 Å². The molecule has 0 aliphatic carbocycles. The van der Waals surface area contributed by atoms with Crippen molar-refractivity contribution < 1.29 is 28.6 Å². The molecular formula is C60H102O6. The molecule has 0 saturated carbocycles. The third-order valence-electron chi connectivity index (χ3n) is 11.8. The number of hydrogen-bond donors (Lipinski definition) is 0. The molecule has 0 aromatic carbocycles. The Balaban J connectivity index is 4.42. The molecule has 0 radical (unpaired) electrons. The summed E-state index contributed by atoms with van der Waals surface area (Å²) in [6.45, 7) is 6.42. The van der Waals surface area contributed by atoms with E-state index in [1.165, 1.54) is 161 Å². The normalized spacial score (nSPS) is 12.7. The van der Waals surface area contributed by atoms with E-state index in [0.717, 1.165) is 51.4 Å². The van der Waals surface area contributed by atoms with Crippen LogP contribution in [0.3, 0.4) is 0 Å². The second kappa shape index (κ2) is 54.2. The zero-order valence-electron chi connectivity index (χ0n) is 43.2. The Bertz CT molecular complexity index is 1290. The van der Waals surface area contributed by atoms with Crippen molar-refractivity contribution in [2.45, 2.75) is 264 Å². The molecule has 0 aliphatic heterocycles. The minimum Gasteiger partial charge on any atom is -0.462 e. The molecule has 1 unspecified atom stereocenters. The summed E-state index contributed by atoms with van der Waals surface area (Å²) in [6.07, 6.45) is 70.1. The summed E-state index contributed by atoms with van der Waals surface area (Å²) in [5.74, 6) is -0.973. The zero-order chi connectivity index (χ0) is 47.9. The van der Waals surface area contributed by atoms with E-state index in [1.807, 2.05) is 54.7 Å². The predicted octanol–water partition coefficient (Wildman–Crippen LogP) is 18.4. The largest absolute Gasteiger partial charge is 0.462 e. The van der Waals surface area contributed by atoms with Gasteiger partial charge >= 0.3 is 17.9 Å². The Morgan fingerprint density at radius 2 is 0.606 bits per heavy atom. The van der Waals surface area contributed by atoms with Gasteiger partial charge in [-0.1, -0.05) is 266 Å². The van der Waals surface area contributed by atoms with Crippen LogP contribution in [0.5, 0.6) is 0 Å². The van der Waals surface area contributed by atoms with Crippen molar-refractivity contribution in [3.8, 4) is 0 Å². The average Bonchev–Trinajstić information content (AvgIpc) is 3.31. The van der Waals surface area contributed by atoms with E-state index >= 15 is 0 Å². The van der Waals surface area contributed by atoms with Gasteiger partial charge in [0, 0.05) is 19.3 Å². The Hall–Kier alpha value is -3.41. The summed E-state index contributed by atoms with van der Waals surface area (Å²) in [5, 5.41) is 0. The molecule has 0 aromatic rings. The Labute approximate surface area is 407 Å². The molecule has 0 heterocycles. The van der Waals surface area contributed by atoms with Crippen molar-refractivity contribution in [3.63, 3.8) is 0 Å². The standard InChI is InChI=1S/C60H102O6/c1-4-7-10-13-16-19-22-25-27-29-30-31-33-35-38-41-44-47-50-53-59(62)65-56-57(55-64-58(61)52-49-46-43-40-37-34-24-21-18-15-12-9-6-3)66-60(63)54-51-48-45-42-39-36-32-28-26-23-20-17-14-11-8-5-2/h9,12,15-16,18-19,21-22,24-25,34,37,40,43,57H,4-8,10-11,13-14,17,20,23,26-33,35-36,38-39,41-42,44-56H2,1-3H3/b12-9-,18-15-,19-16-,24-21-,25-22-,37-34-,43-40-. The number of ether oxygens (including phenoxy) is 3. The first kappa shape index (κ1) is 62.6. The van der Waals surface area contributed by atoms with Crippen LogP contribution in [-0.4, -0.2) is 37.2 Å². The molecule has 0 aliphatic rings. The minimum atomic E-state index is -0.805. The number of allylic oxidation sites excluding steroid dienone is 14. The first-order valence-electron chi connectivity index (χ1n) is 27.7. The minimum absolute atomic E-state index is 0.0992. The molecule has 6 heteroatoms. The van der Waals surface area contributed by atoms with Crippen LogP contribution in [-0.2, 0) is 28.6 Å². The van der Waals surface area contributed by atoms with Crippen molar-refractivity contribution in [2.24, 2.45) is 0 Å². The Kier molecular flexibility index (Phi) is 51.4. The van der Waals surface area contributed by atoms with Crippen molar-refractivity contribution in [1.82, 2.24) is 0 Å². The number of esters is 3. The molecule has 0 rings (SSSR count). The highest BCUT2D eigenvalue weighted by molar-refractivity contribution is 5.71. The van der Waals surface area contributed by atoms with Gasteiger partial charge in [-0.15, -0.1) is 0 Å². The molecule has 1 atom stereocenters. The monoisotopic (exact) mass is 919 g/mol. The van der Waals surface area contributed by atoms with Crippen LogP contribution in [0, 0.1) is 0 Å². The SMILES string of the molecule is CC\C=C/C=C\C=C/C=C\C=C/CCCC(=O)OCC(COC(=O)CCCCCCCCCCCC/C=C\C=C/CCCCC)OC(=O)CCCCCCCCCCCCCCCCCC. The van der Waals surface area contributed by atoms with Crippen molar-refractivity contribution in [1.29, 1.82) is 0 Å². The third-order valence-corrected chi connectivity index (χ3v) is 11.8.